The van der Waals surface area contributed by atoms with E-state index in [9.17, 15) is 24.0 Å². The van der Waals surface area contributed by atoms with Gasteiger partial charge in [-0.15, -0.1) is 0 Å². The number of hydrogen-bond donors (Lipinski definition) is 1. The van der Waals surface area contributed by atoms with Crippen molar-refractivity contribution in [2.75, 3.05) is 20.3 Å². The van der Waals surface area contributed by atoms with E-state index in [1.54, 1.807) is 0 Å². The van der Waals surface area contributed by atoms with Crippen LogP contribution in [0.5, 0.6) is 5.75 Å². The summed E-state index contributed by atoms with van der Waals surface area (Å²) >= 11 is 5.74. The third-order valence-electron chi connectivity index (χ3n) is 3.36. The highest BCUT2D eigenvalue weighted by Gasteiger charge is 2.37. The van der Waals surface area contributed by atoms with Crippen LogP contribution in [0.25, 0.3) is 11.3 Å². The van der Waals surface area contributed by atoms with Crippen molar-refractivity contribution in [3.63, 3.8) is 0 Å². The van der Waals surface area contributed by atoms with Crippen LogP contribution in [0.15, 0.2) is 30.3 Å². The number of benzene rings is 1. The molecule has 1 heterocycles. The van der Waals surface area contributed by atoms with Gasteiger partial charge in [0, 0.05) is 10.5 Å². The van der Waals surface area contributed by atoms with E-state index in [1.165, 1.54) is 31.4 Å². The second-order valence-electron chi connectivity index (χ2n) is 5.03. The Morgan fingerprint density at radius 2 is 2.00 bits per heavy atom. The molecule has 0 aliphatic heterocycles. The number of alkyl halides is 1. The van der Waals surface area contributed by atoms with Gasteiger partial charge in [-0.05, 0) is 30.3 Å². The lowest BCUT2D eigenvalue weighted by Crippen LogP contribution is -2.37. The number of nitro groups is 1. The van der Waals surface area contributed by atoms with E-state index in [1.807, 2.05) is 13.8 Å². The van der Waals surface area contributed by atoms with Gasteiger partial charge < -0.3 is 9.84 Å². The first kappa shape index (κ1) is 21.7. The zero-order valence-corrected chi connectivity index (χ0v) is 15.3. The minimum absolute atomic E-state index is 0.145. The number of rotatable bonds is 6. The van der Waals surface area contributed by atoms with Crippen molar-refractivity contribution in [2.45, 2.75) is 19.4 Å². The summed E-state index contributed by atoms with van der Waals surface area (Å²) in [6, 6.07) is 6.39. The summed E-state index contributed by atoms with van der Waals surface area (Å²) < 4.78 is 31.7. The quantitative estimate of drug-likeness (QED) is 0.597. The van der Waals surface area contributed by atoms with Crippen LogP contribution in [0.4, 0.5) is 8.78 Å². The monoisotopic (exact) mass is 388 g/mol. The van der Waals surface area contributed by atoms with Crippen LogP contribution in [0.3, 0.4) is 0 Å². The van der Waals surface area contributed by atoms with Crippen molar-refractivity contribution in [2.24, 2.45) is 0 Å². The van der Waals surface area contributed by atoms with E-state index >= 15 is 0 Å². The first-order valence-corrected chi connectivity index (χ1v) is 8.09. The van der Waals surface area contributed by atoms with Gasteiger partial charge in [-0.25, -0.2) is 13.8 Å². The molecule has 0 bridgehead atoms. The average Bonchev–Trinajstić information content (AvgIpc) is 2.64. The van der Waals surface area contributed by atoms with E-state index in [4.69, 9.17) is 16.3 Å². The SMILES string of the molecule is CC.COc1ccc(C(O)(CF)C[N+](=O)[O-])nc1-c1ccc(F)c(Cl)c1. The van der Waals surface area contributed by atoms with Gasteiger partial charge in [-0.3, -0.25) is 10.1 Å². The lowest BCUT2D eigenvalue weighted by Gasteiger charge is -2.21. The topological polar surface area (TPSA) is 85.5 Å². The van der Waals surface area contributed by atoms with Crippen LogP contribution < -0.4 is 4.74 Å². The Morgan fingerprint density at radius 1 is 1.35 bits per heavy atom. The number of methoxy groups -OCH3 is 1. The first-order valence-electron chi connectivity index (χ1n) is 7.72. The Kier molecular flexibility index (Phi) is 7.85. The molecule has 2 rings (SSSR count). The fraction of sp³-hybridized carbons (Fsp3) is 0.353. The van der Waals surface area contributed by atoms with Crippen LogP contribution >= 0.6 is 11.6 Å². The molecule has 1 N–H and O–H groups in total. The number of aromatic nitrogens is 1. The van der Waals surface area contributed by atoms with Gasteiger partial charge in [-0.1, -0.05) is 25.4 Å². The summed E-state index contributed by atoms with van der Waals surface area (Å²) in [5, 5.41) is 20.7. The van der Waals surface area contributed by atoms with E-state index in [0.29, 0.717) is 5.56 Å². The van der Waals surface area contributed by atoms with Crippen molar-refractivity contribution < 1.29 is 23.5 Å². The van der Waals surface area contributed by atoms with Crippen molar-refractivity contribution in [3.8, 4) is 17.0 Å². The molecule has 0 fully saturated rings. The van der Waals surface area contributed by atoms with E-state index in [-0.39, 0.29) is 22.2 Å². The normalized spacial score (nSPS) is 12.6. The second kappa shape index (κ2) is 9.40. The Labute approximate surface area is 154 Å². The standard InChI is InChI=1S/C15H13ClF2N2O4.C2H6/c1-24-12-4-5-13(15(21,7-17)8-20(22)23)19-14(12)9-2-3-11(18)10(16)6-9;1-2/h2-6,21H,7-8H2,1H3;1-2H3. The molecule has 1 unspecified atom stereocenters. The molecule has 0 saturated heterocycles. The lowest BCUT2D eigenvalue weighted by molar-refractivity contribution is -0.503. The molecule has 9 heteroatoms. The van der Waals surface area contributed by atoms with Crippen LogP contribution in [-0.2, 0) is 5.60 Å². The minimum atomic E-state index is -2.38. The smallest absolute Gasteiger partial charge is 0.240 e. The zero-order chi connectivity index (χ0) is 19.9. The van der Waals surface area contributed by atoms with Crippen LogP contribution in [0.2, 0.25) is 5.02 Å². The summed E-state index contributed by atoms with van der Waals surface area (Å²) in [7, 11) is 1.36. The van der Waals surface area contributed by atoms with Gasteiger partial charge in [0.2, 0.25) is 6.54 Å². The Hall–Kier alpha value is -2.32. The number of ether oxygens (including phenoxy) is 1. The maximum atomic E-state index is 13.3. The Morgan fingerprint density at radius 3 is 2.50 bits per heavy atom. The van der Waals surface area contributed by atoms with E-state index < -0.39 is 29.6 Å². The maximum absolute atomic E-state index is 13.3. The van der Waals surface area contributed by atoms with Crippen LogP contribution in [0.1, 0.15) is 19.5 Å². The molecule has 142 valence electrons. The third kappa shape index (κ3) is 4.86. The highest BCUT2D eigenvalue weighted by atomic mass is 35.5. The molecule has 1 atom stereocenters. The number of aliphatic hydroxyl groups is 1. The summed E-state index contributed by atoms with van der Waals surface area (Å²) in [4.78, 5) is 13.9. The average molecular weight is 389 g/mol. The third-order valence-corrected chi connectivity index (χ3v) is 3.65. The number of nitrogens with zero attached hydrogens (tertiary/aromatic N) is 2. The van der Waals surface area contributed by atoms with Crippen molar-refractivity contribution >= 4 is 11.6 Å². The van der Waals surface area contributed by atoms with Crippen LogP contribution in [-0.4, -0.2) is 35.3 Å². The number of hydrogen-bond acceptors (Lipinski definition) is 5. The molecular formula is C17H19ClF2N2O4. The summed E-state index contributed by atoms with van der Waals surface area (Å²) in [5.41, 5.74) is -2.12. The molecule has 0 radical (unpaired) electrons. The molecule has 0 saturated carbocycles. The number of pyridine rings is 1. The second-order valence-corrected chi connectivity index (χ2v) is 5.44. The van der Waals surface area contributed by atoms with E-state index in [2.05, 4.69) is 4.98 Å². The Bertz CT molecular complexity index is 776. The van der Waals surface area contributed by atoms with Gasteiger partial charge >= 0.3 is 0 Å². The van der Waals surface area contributed by atoms with Crippen molar-refractivity contribution in [1.82, 2.24) is 4.98 Å². The molecule has 0 amide bonds. The van der Waals surface area contributed by atoms with Gasteiger partial charge in [0.05, 0.1) is 17.8 Å². The maximum Gasteiger partial charge on any atom is 0.240 e. The molecule has 0 aliphatic carbocycles. The number of halogens is 3. The summed E-state index contributed by atoms with van der Waals surface area (Å²) in [6.07, 6.45) is 0. The zero-order valence-electron chi connectivity index (χ0n) is 14.5. The molecule has 2 aromatic rings. The predicted molar refractivity (Wildman–Crippen MR) is 94.3 cm³/mol. The van der Waals surface area contributed by atoms with Gasteiger partial charge in [0.25, 0.3) is 0 Å². The molecule has 0 spiro atoms. The summed E-state index contributed by atoms with van der Waals surface area (Å²) in [5.74, 6) is -0.382. The molecule has 0 aliphatic rings. The predicted octanol–water partition coefficient (Wildman–Crippen LogP) is 4.01. The fourth-order valence-electron chi connectivity index (χ4n) is 2.13. The van der Waals surface area contributed by atoms with Gasteiger partial charge in [0.15, 0.2) is 5.60 Å². The molecule has 1 aromatic carbocycles. The highest BCUT2D eigenvalue weighted by molar-refractivity contribution is 6.31. The lowest BCUT2D eigenvalue weighted by atomic mass is 9.99. The molecule has 6 nitrogen and oxygen atoms in total. The first-order chi connectivity index (χ1) is 12.3. The minimum Gasteiger partial charge on any atom is -0.494 e. The van der Waals surface area contributed by atoms with Crippen molar-refractivity contribution in [3.05, 3.63) is 57.0 Å². The molecular weight excluding hydrogens is 370 g/mol. The molecule has 26 heavy (non-hydrogen) atoms. The van der Waals surface area contributed by atoms with Crippen molar-refractivity contribution in [1.29, 1.82) is 0 Å². The fourth-order valence-corrected chi connectivity index (χ4v) is 2.31. The Balaban J connectivity index is 0.00000163. The van der Waals surface area contributed by atoms with Gasteiger partial charge in [-0.2, -0.15) is 0 Å². The summed E-state index contributed by atoms with van der Waals surface area (Å²) in [6.45, 7) is 1.56. The van der Waals surface area contributed by atoms with E-state index in [0.717, 1.165) is 6.07 Å². The van der Waals surface area contributed by atoms with Gasteiger partial charge in [0.1, 0.15) is 23.9 Å². The van der Waals surface area contributed by atoms with Crippen LogP contribution in [0, 0.1) is 15.9 Å². The largest absolute Gasteiger partial charge is 0.494 e. The molecule has 1 aromatic heterocycles. The highest BCUT2D eigenvalue weighted by Crippen LogP contribution is 2.33.